The van der Waals surface area contributed by atoms with Crippen LogP contribution in [0.2, 0.25) is 0 Å². The largest absolute Gasteiger partial charge is 0.309 e. The monoisotopic (exact) mass is 956 g/mol. The first kappa shape index (κ1) is 43.9. The summed E-state index contributed by atoms with van der Waals surface area (Å²) in [6.45, 7) is 9.30. The molecular formula is C70H50F2N2. The Balaban J connectivity index is 1.01. The van der Waals surface area contributed by atoms with E-state index >= 15 is 8.78 Å². The minimum absolute atomic E-state index is 0.206. The van der Waals surface area contributed by atoms with E-state index in [4.69, 9.17) is 0 Å². The lowest BCUT2D eigenvalue weighted by molar-refractivity contribution is 0.631. The van der Waals surface area contributed by atoms with Gasteiger partial charge in [-0.15, -0.1) is 0 Å². The normalized spacial score (nSPS) is 13.8. The molecule has 4 heteroatoms. The van der Waals surface area contributed by atoms with Crippen LogP contribution in [0.1, 0.15) is 49.9 Å². The number of hydrogen-bond donors (Lipinski definition) is 0. The molecular weight excluding hydrogens is 907 g/mol. The second kappa shape index (κ2) is 16.3. The highest BCUT2D eigenvalue weighted by atomic mass is 19.1. The van der Waals surface area contributed by atoms with Crippen LogP contribution in [0.3, 0.4) is 0 Å². The molecule has 0 amide bonds. The number of nitrogens with zero attached hydrogens (tertiary/aromatic N) is 2. The third-order valence-electron chi connectivity index (χ3n) is 16.4. The Bertz CT molecular complexity index is 3950. The van der Waals surface area contributed by atoms with Crippen molar-refractivity contribution >= 4 is 66.4 Å². The molecule has 0 aromatic heterocycles. The standard InChI is InChI=1S/C70H50F2N2/c1-69(2)55-19-9-5-17-51(55)67-57(69)21-13-25-63(67)73(47-35-27-43(28-36-47)49-15-7-11-23-59(49)71)61-41-33-45-32-40-54-62(42-34-46-31-39-53(61)65(45)66(46)54)74(48-37-29-44(30-38-48)50-16-8-12-24-60(50)72)64-26-14-22-58-68(64)52-18-6-10-20-56(52)70(58,3)4/h5-42H,1-4H3. The zero-order valence-corrected chi connectivity index (χ0v) is 41.6. The Hall–Kier alpha value is -8.86. The van der Waals surface area contributed by atoms with Crippen LogP contribution in [0.25, 0.3) is 76.8 Å². The summed E-state index contributed by atoms with van der Waals surface area (Å²) in [6.07, 6.45) is 0. The zero-order chi connectivity index (χ0) is 50.0. The Morgan fingerprint density at radius 3 is 1.05 bits per heavy atom. The van der Waals surface area contributed by atoms with E-state index in [2.05, 4.69) is 195 Å². The number of anilines is 6. The number of hydrogen-bond acceptors (Lipinski definition) is 2. The Morgan fingerprint density at radius 1 is 0.297 bits per heavy atom. The van der Waals surface area contributed by atoms with E-state index in [1.54, 1.807) is 12.1 Å². The van der Waals surface area contributed by atoms with E-state index in [9.17, 15) is 0 Å². The van der Waals surface area contributed by atoms with Crippen LogP contribution in [0, 0.1) is 11.6 Å². The third-order valence-corrected chi connectivity index (χ3v) is 16.4. The van der Waals surface area contributed by atoms with Gasteiger partial charge in [-0.3, -0.25) is 0 Å². The maximum atomic E-state index is 15.3. The molecule has 0 aliphatic heterocycles. The van der Waals surface area contributed by atoms with Crippen LogP contribution in [-0.2, 0) is 10.8 Å². The minimum Gasteiger partial charge on any atom is -0.309 e. The van der Waals surface area contributed by atoms with E-state index in [0.29, 0.717) is 11.1 Å². The molecule has 0 saturated carbocycles. The van der Waals surface area contributed by atoms with Crippen LogP contribution in [0.4, 0.5) is 42.9 Å². The van der Waals surface area contributed by atoms with Gasteiger partial charge < -0.3 is 9.80 Å². The van der Waals surface area contributed by atoms with E-state index < -0.39 is 0 Å². The lowest BCUT2D eigenvalue weighted by Crippen LogP contribution is -2.16. The van der Waals surface area contributed by atoms with Crippen molar-refractivity contribution in [3.05, 3.63) is 264 Å². The topological polar surface area (TPSA) is 6.48 Å². The second-order valence-electron chi connectivity index (χ2n) is 21.1. The second-order valence-corrected chi connectivity index (χ2v) is 21.1. The number of benzene rings is 12. The fourth-order valence-electron chi connectivity index (χ4n) is 12.8. The summed E-state index contributed by atoms with van der Waals surface area (Å²) in [4.78, 5) is 4.84. The van der Waals surface area contributed by atoms with Crippen molar-refractivity contribution < 1.29 is 8.78 Å². The van der Waals surface area contributed by atoms with Gasteiger partial charge in [-0.05, 0) is 127 Å². The van der Waals surface area contributed by atoms with Gasteiger partial charge in [0, 0.05) is 55.2 Å². The molecule has 0 unspecified atom stereocenters. The minimum atomic E-state index is -0.244. The molecule has 2 aliphatic carbocycles. The fraction of sp³-hybridized carbons (Fsp3) is 0.0857. The average Bonchev–Trinajstić information content (AvgIpc) is 3.88. The molecule has 12 aromatic rings. The molecule has 2 aliphatic rings. The Kier molecular flexibility index (Phi) is 9.68. The molecule has 0 bridgehead atoms. The highest BCUT2D eigenvalue weighted by molar-refractivity contribution is 6.28. The van der Waals surface area contributed by atoms with Crippen molar-refractivity contribution in [1.29, 1.82) is 0 Å². The predicted molar refractivity (Wildman–Crippen MR) is 305 cm³/mol. The van der Waals surface area contributed by atoms with E-state index in [1.165, 1.54) is 67.4 Å². The summed E-state index contributed by atoms with van der Waals surface area (Å²) >= 11 is 0. The first-order valence-corrected chi connectivity index (χ1v) is 25.6. The number of fused-ring (bicyclic) bond motifs is 6. The molecule has 0 N–H and O–H groups in total. The van der Waals surface area contributed by atoms with Crippen LogP contribution in [0.5, 0.6) is 0 Å². The quantitative estimate of drug-likeness (QED) is 0.140. The molecule has 12 aromatic carbocycles. The van der Waals surface area contributed by atoms with E-state index in [1.807, 2.05) is 48.5 Å². The van der Waals surface area contributed by atoms with Gasteiger partial charge in [0.1, 0.15) is 11.6 Å². The highest BCUT2D eigenvalue weighted by Gasteiger charge is 2.40. The van der Waals surface area contributed by atoms with Crippen LogP contribution < -0.4 is 9.80 Å². The SMILES string of the molecule is CC1(C)c2ccccc2-c2c(N(c3ccc(-c4ccccc4F)cc3)c3ccc4ccc5c(N(c6ccc(-c7ccccc7F)cc6)c6cccc7c6-c6ccccc6C7(C)C)ccc6ccc3c4c65)cccc21. The lowest BCUT2D eigenvalue weighted by atomic mass is 9.82. The number of rotatable bonds is 8. The summed E-state index contributed by atoms with van der Waals surface area (Å²) in [6, 6.07) is 80.0. The molecule has 74 heavy (non-hydrogen) atoms. The van der Waals surface area contributed by atoms with Gasteiger partial charge in [0.15, 0.2) is 0 Å². The van der Waals surface area contributed by atoms with Crippen molar-refractivity contribution in [3.63, 3.8) is 0 Å². The first-order valence-electron chi connectivity index (χ1n) is 25.6. The molecule has 0 fully saturated rings. The van der Waals surface area contributed by atoms with Crippen molar-refractivity contribution in [2.24, 2.45) is 0 Å². The van der Waals surface area contributed by atoms with Gasteiger partial charge in [0.05, 0.1) is 22.7 Å². The molecule has 14 rings (SSSR count). The van der Waals surface area contributed by atoms with Gasteiger partial charge in [0.2, 0.25) is 0 Å². The third kappa shape index (κ3) is 6.40. The Labute approximate surface area is 430 Å². The average molecular weight is 957 g/mol. The molecule has 0 radical (unpaired) electrons. The summed E-state index contributed by atoms with van der Waals surface area (Å²) in [5.74, 6) is -0.488. The van der Waals surface area contributed by atoms with Gasteiger partial charge in [-0.25, -0.2) is 8.78 Å². The molecule has 0 atom stereocenters. The van der Waals surface area contributed by atoms with Crippen LogP contribution in [-0.4, -0.2) is 0 Å². The molecule has 2 nitrogen and oxygen atoms in total. The molecule has 0 saturated heterocycles. The van der Waals surface area contributed by atoms with Gasteiger partial charge in [-0.1, -0.05) is 198 Å². The van der Waals surface area contributed by atoms with Crippen molar-refractivity contribution in [2.75, 3.05) is 9.80 Å². The summed E-state index contributed by atoms with van der Waals surface area (Å²) in [7, 11) is 0. The number of halogens is 2. The first-order chi connectivity index (χ1) is 36.1. The zero-order valence-electron chi connectivity index (χ0n) is 41.6. The molecule has 0 spiro atoms. The van der Waals surface area contributed by atoms with Gasteiger partial charge in [0.25, 0.3) is 0 Å². The molecule has 0 heterocycles. The highest BCUT2D eigenvalue weighted by Crippen LogP contribution is 2.57. The Morgan fingerprint density at radius 2 is 0.649 bits per heavy atom. The lowest BCUT2D eigenvalue weighted by Gasteiger charge is -2.31. The maximum absolute atomic E-state index is 15.3. The predicted octanol–water partition coefficient (Wildman–Crippen LogP) is 19.7. The summed E-state index contributed by atoms with van der Waals surface area (Å²) in [5.41, 5.74) is 18.7. The van der Waals surface area contributed by atoms with Crippen molar-refractivity contribution in [1.82, 2.24) is 0 Å². The summed E-state index contributed by atoms with van der Waals surface area (Å²) in [5, 5.41) is 6.90. The van der Waals surface area contributed by atoms with E-state index in [-0.39, 0.29) is 22.5 Å². The van der Waals surface area contributed by atoms with Crippen molar-refractivity contribution in [2.45, 2.75) is 38.5 Å². The summed E-state index contributed by atoms with van der Waals surface area (Å²) < 4.78 is 30.6. The van der Waals surface area contributed by atoms with Gasteiger partial charge >= 0.3 is 0 Å². The van der Waals surface area contributed by atoms with Gasteiger partial charge in [-0.2, -0.15) is 0 Å². The van der Waals surface area contributed by atoms with Crippen LogP contribution >= 0.6 is 0 Å². The smallest absolute Gasteiger partial charge is 0.131 e. The van der Waals surface area contributed by atoms with Crippen molar-refractivity contribution in [3.8, 4) is 44.5 Å². The van der Waals surface area contributed by atoms with Crippen LogP contribution in [0.15, 0.2) is 231 Å². The molecule has 354 valence electrons. The van der Waals surface area contributed by atoms with E-state index in [0.717, 1.165) is 66.8 Å². The fourth-order valence-corrected chi connectivity index (χ4v) is 12.8. The maximum Gasteiger partial charge on any atom is 0.131 e.